The van der Waals surface area contributed by atoms with Gasteiger partial charge in [-0.2, -0.15) is 0 Å². The second kappa shape index (κ2) is 10.5. The summed E-state index contributed by atoms with van der Waals surface area (Å²) in [5.74, 6) is 0. The third kappa shape index (κ3) is 7.53. The molecule has 4 nitrogen and oxygen atoms in total. The molecule has 2 aromatic rings. The van der Waals surface area contributed by atoms with Gasteiger partial charge in [0.25, 0.3) is 0 Å². The smallest absolute Gasteiger partial charge is 0.0686 e. The lowest BCUT2D eigenvalue weighted by Gasteiger charge is -2.21. The number of nitrogens with zero attached hydrogens (tertiary/aromatic N) is 1. The zero-order chi connectivity index (χ0) is 18.1. The topological polar surface area (TPSA) is 54.4 Å². The van der Waals surface area contributed by atoms with Crippen LogP contribution in [0.4, 0.5) is 0 Å². The van der Waals surface area contributed by atoms with Gasteiger partial charge in [0, 0.05) is 24.4 Å². The molecule has 2 rings (SSSR count). The summed E-state index contributed by atoms with van der Waals surface area (Å²) >= 11 is 5.97. The Morgan fingerprint density at radius 3 is 2.56 bits per heavy atom. The van der Waals surface area contributed by atoms with E-state index in [0.717, 1.165) is 17.1 Å². The first-order chi connectivity index (χ1) is 12.0. The highest BCUT2D eigenvalue weighted by Gasteiger charge is 2.15. The number of benzene rings is 1. The van der Waals surface area contributed by atoms with E-state index in [-0.39, 0.29) is 12.1 Å². The number of rotatable bonds is 10. The average molecular weight is 363 g/mol. The van der Waals surface area contributed by atoms with Gasteiger partial charge >= 0.3 is 0 Å². The van der Waals surface area contributed by atoms with Crippen molar-refractivity contribution in [1.82, 2.24) is 10.3 Å². The zero-order valence-corrected chi connectivity index (χ0v) is 15.6. The molecule has 0 bridgehead atoms. The van der Waals surface area contributed by atoms with Crippen molar-refractivity contribution in [2.75, 3.05) is 13.2 Å². The molecule has 0 saturated heterocycles. The zero-order valence-electron chi connectivity index (χ0n) is 14.9. The van der Waals surface area contributed by atoms with Gasteiger partial charge in [-0.05, 0) is 56.5 Å². The molecule has 136 valence electrons. The van der Waals surface area contributed by atoms with E-state index in [1.165, 1.54) is 5.56 Å². The first-order valence-corrected chi connectivity index (χ1v) is 9.11. The normalized spacial score (nSPS) is 13.8. The van der Waals surface area contributed by atoms with Crippen molar-refractivity contribution in [3.8, 4) is 0 Å². The van der Waals surface area contributed by atoms with Gasteiger partial charge < -0.3 is 15.2 Å². The lowest BCUT2D eigenvalue weighted by Crippen LogP contribution is -2.32. The maximum absolute atomic E-state index is 10.2. The van der Waals surface area contributed by atoms with Crippen LogP contribution in [0.15, 0.2) is 48.7 Å². The molecular weight excluding hydrogens is 336 g/mol. The summed E-state index contributed by atoms with van der Waals surface area (Å²) in [5, 5.41) is 14.3. The van der Waals surface area contributed by atoms with Crippen LogP contribution in [0.5, 0.6) is 0 Å². The number of ether oxygens (including phenoxy) is 1. The first kappa shape index (κ1) is 19.9. The highest BCUT2D eigenvalue weighted by atomic mass is 35.5. The minimum Gasteiger partial charge on any atom is -0.392 e. The monoisotopic (exact) mass is 362 g/mol. The van der Waals surface area contributed by atoms with Gasteiger partial charge in [0.1, 0.15) is 0 Å². The highest BCUT2D eigenvalue weighted by molar-refractivity contribution is 6.30. The summed E-state index contributed by atoms with van der Waals surface area (Å²) in [4.78, 5) is 4.46. The predicted molar refractivity (Wildman–Crippen MR) is 102 cm³/mol. The Morgan fingerprint density at radius 2 is 1.92 bits per heavy atom. The molecule has 0 aliphatic carbocycles. The minimum atomic E-state index is -0.449. The summed E-state index contributed by atoms with van der Waals surface area (Å²) in [5.41, 5.74) is 2.13. The number of nitrogens with one attached hydrogen (secondary N) is 1. The molecule has 0 amide bonds. The second-order valence-corrected chi connectivity index (χ2v) is 6.84. The van der Waals surface area contributed by atoms with Gasteiger partial charge in [-0.3, -0.25) is 4.98 Å². The fourth-order valence-electron chi connectivity index (χ4n) is 2.54. The number of aromatic nitrogens is 1. The molecule has 0 aliphatic rings. The van der Waals surface area contributed by atoms with E-state index in [0.29, 0.717) is 19.6 Å². The van der Waals surface area contributed by atoms with Crippen LogP contribution < -0.4 is 5.32 Å². The summed E-state index contributed by atoms with van der Waals surface area (Å²) < 4.78 is 5.50. The average Bonchev–Trinajstić information content (AvgIpc) is 2.60. The predicted octanol–water partition coefficient (Wildman–Crippen LogP) is 3.78. The van der Waals surface area contributed by atoms with Crippen LogP contribution >= 0.6 is 11.6 Å². The Kier molecular flexibility index (Phi) is 8.35. The van der Waals surface area contributed by atoms with Crippen LogP contribution in [0.1, 0.15) is 37.6 Å². The van der Waals surface area contributed by atoms with E-state index in [4.69, 9.17) is 16.3 Å². The molecule has 1 aromatic heterocycles. The third-order valence-corrected chi connectivity index (χ3v) is 4.15. The van der Waals surface area contributed by atoms with Crippen LogP contribution in [0, 0.1) is 0 Å². The molecule has 0 aliphatic heterocycles. The van der Waals surface area contributed by atoms with E-state index in [9.17, 15) is 5.11 Å². The number of hydrogen-bond acceptors (Lipinski definition) is 4. The van der Waals surface area contributed by atoms with Crippen molar-refractivity contribution in [2.24, 2.45) is 0 Å². The van der Waals surface area contributed by atoms with Crippen molar-refractivity contribution >= 4 is 11.6 Å². The Bertz CT molecular complexity index is 605. The summed E-state index contributed by atoms with van der Waals surface area (Å²) in [6, 6.07) is 13.7. The van der Waals surface area contributed by atoms with E-state index in [1.807, 2.05) is 56.3 Å². The molecular formula is C20H27ClN2O2. The fraction of sp³-hybridized carbons (Fsp3) is 0.450. The first-order valence-electron chi connectivity index (χ1n) is 8.73. The van der Waals surface area contributed by atoms with Crippen LogP contribution in [0.3, 0.4) is 0 Å². The molecule has 25 heavy (non-hydrogen) atoms. The Balaban J connectivity index is 1.94. The lowest BCUT2D eigenvalue weighted by atomic mass is 10.0. The molecule has 0 spiro atoms. The van der Waals surface area contributed by atoms with E-state index in [1.54, 1.807) is 6.20 Å². The van der Waals surface area contributed by atoms with Gasteiger partial charge in [-0.25, -0.2) is 0 Å². The van der Waals surface area contributed by atoms with Gasteiger partial charge in [-0.15, -0.1) is 0 Å². The van der Waals surface area contributed by atoms with Crippen LogP contribution in [0.25, 0.3) is 0 Å². The molecule has 1 aromatic carbocycles. The molecule has 2 atom stereocenters. The van der Waals surface area contributed by atoms with Crippen molar-refractivity contribution < 1.29 is 9.84 Å². The van der Waals surface area contributed by atoms with Crippen molar-refractivity contribution in [1.29, 1.82) is 0 Å². The van der Waals surface area contributed by atoms with Crippen molar-refractivity contribution in [2.45, 2.75) is 44.9 Å². The minimum absolute atomic E-state index is 0.0306. The summed E-state index contributed by atoms with van der Waals surface area (Å²) in [6.07, 6.45) is 2.92. The van der Waals surface area contributed by atoms with Crippen molar-refractivity contribution in [3.63, 3.8) is 0 Å². The number of aliphatic hydroxyl groups is 1. The number of aliphatic hydroxyl groups excluding tert-OH is 1. The molecule has 2 N–H and O–H groups in total. The second-order valence-electron chi connectivity index (χ2n) is 6.41. The van der Waals surface area contributed by atoms with Gasteiger partial charge in [0.05, 0.1) is 23.9 Å². The molecule has 1 heterocycles. The SMILES string of the molecule is CC(C)OCCC(O)CNC(Cc1ccc(Cl)cc1)c1ccccn1. The van der Waals surface area contributed by atoms with Gasteiger partial charge in [0.15, 0.2) is 0 Å². The third-order valence-electron chi connectivity index (χ3n) is 3.90. The molecule has 0 radical (unpaired) electrons. The number of pyridine rings is 1. The molecule has 5 heteroatoms. The largest absolute Gasteiger partial charge is 0.392 e. The quantitative estimate of drug-likeness (QED) is 0.675. The van der Waals surface area contributed by atoms with Crippen LogP contribution in [-0.4, -0.2) is 35.5 Å². The Morgan fingerprint density at radius 1 is 1.16 bits per heavy atom. The van der Waals surface area contributed by atoms with E-state index in [2.05, 4.69) is 10.3 Å². The van der Waals surface area contributed by atoms with E-state index < -0.39 is 6.10 Å². The Labute approximate surface area is 155 Å². The fourth-order valence-corrected chi connectivity index (χ4v) is 2.67. The summed E-state index contributed by atoms with van der Waals surface area (Å²) in [6.45, 7) is 5.05. The number of halogens is 1. The van der Waals surface area contributed by atoms with Crippen LogP contribution in [0.2, 0.25) is 5.02 Å². The highest BCUT2D eigenvalue weighted by Crippen LogP contribution is 2.18. The maximum Gasteiger partial charge on any atom is 0.0686 e. The van der Waals surface area contributed by atoms with Crippen molar-refractivity contribution in [3.05, 3.63) is 64.9 Å². The standard InChI is InChI=1S/C20H27ClN2O2/c1-15(2)25-12-10-18(24)14-23-20(19-5-3-4-11-22-19)13-16-6-8-17(21)9-7-16/h3-9,11,15,18,20,23-24H,10,12-14H2,1-2H3. The number of hydrogen-bond donors (Lipinski definition) is 2. The maximum atomic E-state index is 10.2. The van der Waals surface area contributed by atoms with Crippen LogP contribution in [-0.2, 0) is 11.2 Å². The summed E-state index contributed by atoms with van der Waals surface area (Å²) in [7, 11) is 0. The lowest BCUT2D eigenvalue weighted by molar-refractivity contribution is 0.0461. The molecule has 2 unspecified atom stereocenters. The molecule has 0 saturated carbocycles. The Hall–Kier alpha value is -1.46. The van der Waals surface area contributed by atoms with E-state index >= 15 is 0 Å². The molecule has 0 fully saturated rings. The van der Waals surface area contributed by atoms with Gasteiger partial charge in [-0.1, -0.05) is 29.8 Å². The van der Waals surface area contributed by atoms with Gasteiger partial charge in [0.2, 0.25) is 0 Å².